The van der Waals surface area contributed by atoms with Gasteiger partial charge in [0.25, 0.3) is 0 Å². The quantitative estimate of drug-likeness (QED) is 0.0320. The van der Waals surface area contributed by atoms with E-state index in [1.54, 1.807) is 6.08 Å². The Balaban J connectivity index is 3.40. The van der Waals surface area contributed by atoms with Gasteiger partial charge in [0.05, 0.1) is 25.4 Å². The summed E-state index contributed by atoms with van der Waals surface area (Å²) in [5, 5.41) is 23.3. The molecule has 0 spiro atoms. The van der Waals surface area contributed by atoms with Gasteiger partial charge in [-0.15, -0.1) is 0 Å². The Morgan fingerprint density at radius 2 is 0.613 bits per heavy atom. The molecule has 0 saturated carbocycles. The second kappa shape index (κ2) is 65.1. The number of aliphatic hydroxyl groups is 2. The second-order valence-corrected chi connectivity index (χ2v) is 23.9. The Labute approximate surface area is 469 Å². The van der Waals surface area contributed by atoms with Crippen molar-refractivity contribution in [2.75, 3.05) is 13.2 Å². The number of rotatable bonds is 65. The first kappa shape index (κ1) is 73.6. The van der Waals surface area contributed by atoms with E-state index < -0.39 is 12.1 Å². The van der Waals surface area contributed by atoms with Gasteiger partial charge in [-0.1, -0.05) is 360 Å². The van der Waals surface area contributed by atoms with E-state index in [0.717, 1.165) is 38.5 Å². The van der Waals surface area contributed by atoms with E-state index >= 15 is 0 Å². The fraction of sp³-hybridized carbons (Fsp3) is 0.942. The Kier molecular flexibility index (Phi) is 63.9. The number of aliphatic hydroxyl groups excluding tert-OH is 2. The van der Waals surface area contributed by atoms with Crippen LogP contribution in [0.15, 0.2) is 12.2 Å². The summed E-state index contributed by atoms with van der Waals surface area (Å²) in [6, 6.07) is -0.628. The van der Waals surface area contributed by atoms with Gasteiger partial charge in [0.2, 0.25) is 5.91 Å². The Hall–Kier alpha value is -1.40. The minimum absolute atomic E-state index is 0.0165. The maximum absolute atomic E-state index is 12.5. The van der Waals surface area contributed by atoms with E-state index in [0.29, 0.717) is 19.4 Å². The summed E-state index contributed by atoms with van der Waals surface area (Å²) in [5.41, 5.74) is 0. The molecular formula is C69H135NO5. The van der Waals surface area contributed by atoms with Gasteiger partial charge in [0.1, 0.15) is 0 Å². The first-order chi connectivity index (χ1) is 37.0. The molecule has 0 heterocycles. The molecule has 0 aliphatic heterocycles. The van der Waals surface area contributed by atoms with Gasteiger partial charge in [-0.25, -0.2) is 0 Å². The summed E-state index contributed by atoms with van der Waals surface area (Å²) in [5.74, 6) is -0.0463. The predicted octanol–water partition coefficient (Wildman–Crippen LogP) is 22.0. The van der Waals surface area contributed by atoms with Gasteiger partial charge in [-0.3, -0.25) is 9.59 Å². The first-order valence-electron chi connectivity index (χ1n) is 34.5. The minimum Gasteiger partial charge on any atom is -0.466 e. The van der Waals surface area contributed by atoms with Crippen LogP contribution in [-0.2, 0) is 14.3 Å². The van der Waals surface area contributed by atoms with E-state index in [1.165, 1.54) is 327 Å². The number of unbranched alkanes of at least 4 members (excludes halogenated alkanes) is 54. The lowest BCUT2D eigenvalue weighted by Gasteiger charge is -2.20. The minimum atomic E-state index is -0.844. The molecule has 3 N–H and O–H groups in total. The van der Waals surface area contributed by atoms with Gasteiger partial charge in [-0.2, -0.15) is 0 Å². The zero-order valence-electron chi connectivity index (χ0n) is 51.1. The van der Waals surface area contributed by atoms with Crippen LogP contribution in [0.3, 0.4) is 0 Å². The fourth-order valence-corrected chi connectivity index (χ4v) is 11.1. The highest BCUT2D eigenvalue weighted by Gasteiger charge is 2.18. The molecule has 0 rings (SSSR count). The number of hydrogen-bond acceptors (Lipinski definition) is 5. The van der Waals surface area contributed by atoms with Gasteiger partial charge >= 0.3 is 5.97 Å². The summed E-state index contributed by atoms with van der Waals surface area (Å²) in [6.07, 6.45) is 79.9. The average molecular weight is 1060 g/mol. The van der Waals surface area contributed by atoms with E-state index in [4.69, 9.17) is 4.74 Å². The fourth-order valence-electron chi connectivity index (χ4n) is 11.1. The zero-order valence-corrected chi connectivity index (χ0v) is 51.1. The van der Waals surface area contributed by atoms with Crippen molar-refractivity contribution in [1.82, 2.24) is 5.32 Å². The summed E-state index contributed by atoms with van der Waals surface area (Å²) in [7, 11) is 0. The molecule has 0 saturated heterocycles. The van der Waals surface area contributed by atoms with Gasteiger partial charge in [0, 0.05) is 12.8 Å². The normalized spacial score (nSPS) is 12.5. The van der Waals surface area contributed by atoms with Gasteiger partial charge in [0.15, 0.2) is 0 Å². The number of carbonyl (C=O) groups excluding carboxylic acids is 2. The highest BCUT2D eigenvalue weighted by atomic mass is 16.5. The van der Waals surface area contributed by atoms with E-state index in [-0.39, 0.29) is 18.5 Å². The number of amides is 1. The maximum atomic E-state index is 12.5. The average Bonchev–Trinajstić information content (AvgIpc) is 3.41. The molecule has 2 unspecified atom stereocenters. The summed E-state index contributed by atoms with van der Waals surface area (Å²) >= 11 is 0. The van der Waals surface area contributed by atoms with E-state index in [2.05, 4.69) is 19.2 Å². The zero-order chi connectivity index (χ0) is 54.3. The summed E-state index contributed by atoms with van der Waals surface area (Å²) in [6.45, 7) is 4.95. The number of nitrogens with one attached hydrogen (secondary N) is 1. The molecule has 2 atom stereocenters. The molecule has 0 fully saturated rings. The van der Waals surface area contributed by atoms with Crippen molar-refractivity contribution >= 4 is 11.9 Å². The Morgan fingerprint density at radius 1 is 0.360 bits per heavy atom. The SMILES string of the molecule is CCCCCCCCCCCCCCCCCCCCCC/C=C/C(O)C(CO)NC(=O)CCCCCCCCCCCCCCCCCCCCCCCCCOC(=O)CCCCCCCCCCCCCCC. The smallest absolute Gasteiger partial charge is 0.305 e. The molecule has 0 aliphatic carbocycles. The van der Waals surface area contributed by atoms with Crippen molar-refractivity contribution in [2.24, 2.45) is 0 Å². The predicted molar refractivity (Wildman–Crippen MR) is 329 cm³/mol. The van der Waals surface area contributed by atoms with Crippen molar-refractivity contribution in [2.45, 2.75) is 405 Å². The number of esters is 1. The molecule has 0 aliphatic rings. The van der Waals surface area contributed by atoms with E-state index in [1.807, 2.05) is 6.08 Å². The third-order valence-corrected chi connectivity index (χ3v) is 16.3. The molecule has 75 heavy (non-hydrogen) atoms. The molecular weight excluding hydrogens is 923 g/mol. The van der Waals surface area contributed by atoms with Crippen LogP contribution in [0.25, 0.3) is 0 Å². The molecule has 0 aromatic carbocycles. The van der Waals surface area contributed by atoms with Crippen molar-refractivity contribution in [3.63, 3.8) is 0 Å². The number of allylic oxidation sites excluding steroid dienone is 1. The summed E-state index contributed by atoms with van der Waals surface area (Å²) < 4.78 is 5.49. The molecule has 0 aromatic rings. The Morgan fingerprint density at radius 3 is 0.907 bits per heavy atom. The number of hydrogen-bond donors (Lipinski definition) is 3. The molecule has 0 aromatic heterocycles. The highest BCUT2D eigenvalue weighted by molar-refractivity contribution is 5.76. The molecule has 446 valence electrons. The van der Waals surface area contributed by atoms with Crippen LogP contribution < -0.4 is 5.32 Å². The van der Waals surface area contributed by atoms with Gasteiger partial charge in [-0.05, 0) is 32.1 Å². The van der Waals surface area contributed by atoms with E-state index in [9.17, 15) is 19.8 Å². The second-order valence-electron chi connectivity index (χ2n) is 23.9. The van der Waals surface area contributed by atoms with Crippen LogP contribution in [-0.4, -0.2) is 47.4 Å². The monoisotopic (exact) mass is 1060 g/mol. The molecule has 6 nitrogen and oxygen atoms in total. The molecule has 6 heteroatoms. The largest absolute Gasteiger partial charge is 0.466 e. The number of ether oxygens (including phenoxy) is 1. The molecule has 1 amide bonds. The Bertz CT molecular complexity index is 1130. The summed E-state index contributed by atoms with van der Waals surface area (Å²) in [4.78, 5) is 24.6. The van der Waals surface area contributed by atoms with Crippen molar-refractivity contribution < 1.29 is 24.5 Å². The molecule has 0 radical (unpaired) electrons. The lowest BCUT2D eigenvalue weighted by atomic mass is 10.0. The van der Waals surface area contributed by atoms with Crippen LogP contribution in [0.2, 0.25) is 0 Å². The highest BCUT2D eigenvalue weighted by Crippen LogP contribution is 2.19. The standard InChI is InChI=1S/C69H135NO5/c1-3-5-7-9-11-13-15-17-18-19-20-21-25-28-31-34-38-41-45-49-53-57-61-67(72)66(65-71)70-68(73)62-58-54-50-46-42-39-35-32-29-26-23-22-24-27-30-33-36-40-44-48-52-56-60-64-75-69(74)63-59-55-51-47-43-37-16-14-12-10-8-6-4-2/h57,61,66-67,71-72H,3-56,58-60,62-65H2,1-2H3,(H,70,73)/b61-57+. The third kappa shape index (κ3) is 61.7. The third-order valence-electron chi connectivity index (χ3n) is 16.3. The van der Waals surface area contributed by atoms with Crippen LogP contribution in [0.1, 0.15) is 393 Å². The first-order valence-corrected chi connectivity index (χ1v) is 34.5. The van der Waals surface area contributed by atoms with Crippen molar-refractivity contribution in [1.29, 1.82) is 0 Å². The van der Waals surface area contributed by atoms with Crippen LogP contribution in [0, 0.1) is 0 Å². The lowest BCUT2D eigenvalue weighted by Crippen LogP contribution is -2.45. The lowest BCUT2D eigenvalue weighted by molar-refractivity contribution is -0.143. The van der Waals surface area contributed by atoms with Crippen LogP contribution in [0.5, 0.6) is 0 Å². The molecule has 0 bridgehead atoms. The maximum Gasteiger partial charge on any atom is 0.305 e. The van der Waals surface area contributed by atoms with Crippen LogP contribution in [0.4, 0.5) is 0 Å². The van der Waals surface area contributed by atoms with Crippen molar-refractivity contribution in [3.05, 3.63) is 12.2 Å². The van der Waals surface area contributed by atoms with Crippen LogP contribution >= 0.6 is 0 Å². The van der Waals surface area contributed by atoms with Gasteiger partial charge < -0.3 is 20.3 Å². The van der Waals surface area contributed by atoms with Crippen molar-refractivity contribution in [3.8, 4) is 0 Å². The number of carbonyl (C=O) groups is 2. The topological polar surface area (TPSA) is 95.9 Å².